The highest BCUT2D eigenvalue weighted by atomic mass is 19.3. The summed E-state index contributed by atoms with van der Waals surface area (Å²) in [6.45, 7) is 1.49. The largest absolute Gasteiger partial charge is 0.296 e. The number of aryl methyl sites for hydroxylation is 1. The molecule has 0 amide bonds. The maximum atomic E-state index is 12.5. The highest BCUT2D eigenvalue weighted by Crippen LogP contribution is 2.26. The van der Waals surface area contributed by atoms with E-state index in [0.29, 0.717) is 5.56 Å². The molecule has 0 fully saturated rings. The lowest BCUT2D eigenvalue weighted by atomic mass is 10.0. The number of alkyl halides is 2. The van der Waals surface area contributed by atoms with Gasteiger partial charge in [0.2, 0.25) is 0 Å². The number of nitrogens with zero attached hydrogens (tertiary/aromatic N) is 2. The molecule has 0 aromatic carbocycles. The Morgan fingerprint density at radius 2 is 2.29 bits per heavy atom. The summed E-state index contributed by atoms with van der Waals surface area (Å²) in [5.41, 5.74) is -0.782. The Morgan fingerprint density at radius 3 is 2.71 bits per heavy atom. The monoisotopic (exact) mass is 196 g/mol. The van der Waals surface area contributed by atoms with Crippen molar-refractivity contribution in [2.24, 2.45) is 0 Å². The molecule has 0 aliphatic rings. The number of pyridine rings is 1. The molecule has 1 rings (SSSR count). The van der Waals surface area contributed by atoms with Crippen LogP contribution in [0.5, 0.6) is 0 Å². The quantitative estimate of drug-likeness (QED) is 0.680. The summed E-state index contributed by atoms with van der Waals surface area (Å²) in [5, 5.41) is 8.64. The average molecular weight is 196 g/mol. The van der Waals surface area contributed by atoms with E-state index in [2.05, 4.69) is 4.98 Å². The van der Waals surface area contributed by atoms with Crippen molar-refractivity contribution in [3.05, 3.63) is 28.6 Å². The smallest absolute Gasteiger partial charge is 0.267 e. The van der Waals surface area contributed by atoms with E-state index in [0.717, 1.165) is 0 Å². The van der Waals surface area contributed by atoms with Crippen molar-refractivity contribution in [1.29, 1.82) is 5.26 Å². The van der Waals surface area contributed by atoms with Crippen molar-refractivity contribution in [2.75, 3.05) is 0 Å². The third kappa shape index (κ3) is 1.59. The summed E-state index contributed by atoms with van der Waals surface area (Å²) in [4.78, 5) is 13.9. The number of nitriles is 1. The SMILES string of the molecule is Cc1cnc(C=O)c(C(F)F)c1C#N. The standard InChI is InChI=1S/C9H6F2N2O/c1-5-3-13-7(4-14)8(9(10)11)6(5)2-12/h3-4,9H,1H3. The van der Waals surface area contributed by atoms with Crippen LogP contribution in [0.1, 0.15) is 33.6 Å². The lowest BCUT2D eigenvalue weighted by Gasteiger charge is -2.06. The molecular weight excluding hydrogens is 190 g/mol. The Morgan fingerprint density at radius 1 is 1.64 bits per heavy atom. The van der Waals surface area contributed by atoms with Gasteiger partial charge in [0.05, 0.1) is 11.1 Å². The molecule has 0 aliphatic heterocycles. The van der Waals surface area contributed by atoms with Crippen LogP contribution >= 0.6 is 0 Å². The van der Waals surface area contributed by atoms with Crippen molar-refractivity contribution in [3.8, 4) is 6.07 Å². The summed E-state index contributed by atoms with van der Waals surface area (Å²) in [7, 11) is 0. The molecule has 1 aromatic heterocycles. The summed E-state index contributed by atoms with van der Waals surface area (Å²) >= 11 is 0. The van der Waals surface area contributed by atoms with Crippen molar-refractivity contribution >= 4 is 6.29 Å². The molecule has 1 heterocycles. The molecule has 14 heavy (non-hydrogen) atoms. The lowest BCUT2D eigenvalue weighted by molar-refractivity contribution is 0.110. The van der Waals surface area contributed by atoms with Gasteiger partial charge in [-0.25, -0.2) is 8.78 Å². The molecule has 0 saturated heterocycles. The van der Waals surface area contributed by atoms with E-state index in [1.807, 2.05) is 0 Å². The van der Waals surface area contributed by atoms with Crippen molar-refractivity contribution in [1.82, 2.24) is 4.98 Å². The normalized spacial score (nSPS) is 9.93. The number of hydrogen-bond acceptors (Lipinski definition) is 3. The fourth-order valence-corrected chi connectivity index (χ4v) is 1.10. The van der Waals surface area contributed by atoms with E-state index < -0.39 is 12.0 Å². The topological polar surface area (TPSA) is 53.8 Å². The number of aldehydes is 1. The lowest BCUT2D eigenvalue weighted by Crippen LogP contribution is -2.02. The second-order valence-electron chi connectivity index (χ2n) is 2.65. The van der Waals surface area contributed by atoms with Crippen LogP contribution in [0, 0.1) is 18.3 Å². The minimum absolute atomic E-state index is 0.169. The zero-order valence-corrected chi connectivity index (χ0v) is 7.29. The van der Waals surface area contributed by atoms with E-state index in [-0.39, 0.29) is 17.5 Å². The average Bonchev–Trinajstić information content (AvgIpc) is 2.17. The number of rotatable bonds is 2. The Balaban J connectivity index is 3.54. The Bertz CT molecular complexity index is 410. The highest BCUT2D eigenvalue weighted by Gasteiger charge is 2.20. The third-order valence-corrected chi connectivity index (χ3v) is 1.78. The Labute approximate surface area is 79.0 Å². The zero-order chi connectivity index (χ0) is 10.7. The van der Waals surface area contributed by atoms with Crippen LogP contribution in [0.25, 0.3) is 0 Å². The number of aromatic nitrogens is 1. The van der Waals surface area contributed by atoms with Gasteiger partial charge < -0.3 is 0 Å². The number of carbonyl (C=O) groups is 1. The van der Waals surface area contributed by atoms with E-state index >= 15 is 0 Å². The minimum Gasteiger partial charge on any atom is -0.296 e. The van der Waals surface area contributed by atoms with Gasteiger partial charge in [-0.15, -0.1) is 0 Å². The van der Waals surface area contributed by atoms with E-state index in [1.165, 1.54) is 13.1 Å². The molecule has 0 radical (unpaired) electrons. The Kier molecular flexibility index (Phi) is 2.87. The maximum absolute atomic E-state index is 12.5. The summed E-state index contributed by atoms with van der Waals surface area (Å²) < 4.78 is 25.0. The first kappa shape index (κ1) is 10.3. The van der Waals surface area contributed by atoms with E-state index in [9.17, 15) is 13.6 Å². The third-order valence-electron chi connectivity index (χ3n) is 1.78. The molecule has 5 heteroatoms. The molecular formula is C9H6F2N2O. The van der Waals surface area contributed by atoms with Gasteiger partial charge in [-0.3, -0.25) is 9.78 Å². The van der Waals surface area contributed by atoms with Gasteiger partial charge in [-0.05, 0) is 12.5 Å². The summed E-state index contributed by atoms with van der Waals surface area (Å²) in [6, 6.07) is 1.64. The molecule has 3 nitrogen and oxygen atoms in total. The van der Waals surface area contributed by atoms with Crippen molar-refractivity contribution in [3.63, 3.8) is 0 Å². The highest BCUT2D eigenvalue weighted by molar-refractivity contribution is 5.76. The van der Waals surface area contributed by atoms with Crippen LogP contribution in [0.3, 0.4) is 0 Å². The van der Waals surface area contributed by atoms with E-state index in [4.69, 9.17) is 5.26 Å². The number of hydrogen-bond donors (Lipinski definition) is 0. The molecule has 0 bridgehead atoms. The van der Waals surface area contributed by atoms with Gasteiger partial charge >= 0.3 is 0 Å². The van der Waals surface area contributed by atoms with Crippen LogP contribution in [-0.4, -0.2) is 11.3 Å². The predicted molar refractivity (Wildman–Crippen MR) is 44.0 cm³/mol. The molecule has 0 atom stereocenters. The van der Waals surface area contributed by atoms with E-state index in [1.54, 1.807) is 6.07 Å². The summed E-state index contributed by atoms with van der Waals surface area (Å²) in [5.74, 6) is 0. The predicted octanol–water partition coefficient (Wildman–Crippen LogP) is 2.01. The van der Waals surface area contributed by atoms with Gasteiger partial charge in [0.1, 0.15) is 11.8 Å². The van der Waals surface area contributed by atoms with Gasteiger partial charge in [0.25, 0.3) is 6.43 Å². The second kappa shape index (κ2) is 3.92. The first-order valence-electron chi connectivity index (χ1n) is 3.74. The van der Waals surface area contributed by atoms with Crippen LogP contribution in [-0.2, 0) is 0 Å². The zero-order valence-electron chi connectivity index (χ0n) is 7.29. The molecule has 0 aliphatic carbocycles. The van der Waals surface area contributed by atoms with Crippen LogP contribution < -0.4 is 0 Å². The number of halogens is 2. The van der Waals surface area contributed by atoms with Crippen LogP contribution in [0.15, 0.2) is 6.20 Å². The number of carbonyl (C=O) groups excluding carboxylic acids is 1. The fraction of sp³-hybridized carbons (Fsp3) is 0.222. The maximum Gasteiger partial charge on any atom is 0.267 e. The Hall–Kier alpha value is -1.83. The molecule has 0 unspecified atom stereocenters. The van der Waals surface area contributed by atoms with Gasteiger partial charge in [0, 0.05) is 6.20 Å². The first-order valence-corrected chi connectivity index (χ1v) is 3.74. The second-order valence-corrected chi connectivity index (χ2v) is 2.65. The van der Waals surface area contributed by atoms with Gasteiger partial charge in [0.15, 0.2) is 6.29 Å². The molecule has 0 N–H and O–H groups in total. The fourth-order valence-electron chi connectivity index (χ4n) is 1.10. The first-order chi connectivity index (χ1) is 6.61. The minimum atomic E-state index is -2.86. The molecule has 1 aromatic rings. The van der Waals surface area contributed by atoms with Crippen LogP contribution in [0.2, 0.25) is 0 Å². The molecule has 72 valence electrons. The summed E-state index contributed by atoms with van der Waals surface area (Å²) in [6.07, 6.45) is -1.41. The molecule has 0 saturated carbocycles. The molecule has 0 spiro atoms. The van der Waals surface area contributed by atoms with Crippen LogP contribution in [0.4, 0.5) is 8.78 Å². The van der Waals surface area contributed by atoms with Crippen molar-refractivity contribution < 1.29 is 13.6 Å². The van der Waals surface area contributed by atoms with Crippen molar-refractivity contribution in [2.45, 2.75) is 13.3 Å². The van der Waals surface area contributed by atoms with Gasteiger partial charge in [-0.1, -0.05) is 0 Å². The van der Waals surface area contributed by atoms with Gasteiger partial charge in [-0.2, -0.15) is 5.26 Å².